The van der Waals surface area contributed by atoms with E-state index >= 15 is 0 Å². The van der Waals surface area contributed by atoms with Gasteiger partial charge in [-0.2, -0.15) is 0 Å². The molecule has 0 spiro atoms. The molecule has 0 saturated heterocycles. The SMILES string of the molecule is CC(=O)c1ccccc1OCCOC(=O)c1ccc2c(c1)OCCO2. The van der Waals surface area contributed by atoms with Gasteiger partial charge in [-0.05, 0) is 37.3 Å². The molecule has 0 radical (unpaired) electrons. The predicted molar refractivity (Wildman–Crippen MR) is 89.7 cm³/mol. The Morgan fingerprint density at radius 2 is 1.76 bits per heavy atom. The van der Waals surface area contributed by atoms with Crippen molar-refractivity contribution >= 4 is 11.8 Å². The summed E-state index contributed by atoms with van der Waals surface area (Å²) in [5, 5.41) is 0. The van der Waals surface area contributed by atoms with Crippen LogP contribution in [0.1, 0.15) is 27.6 Å². The molecule has 0 aromatic heterocycles. The summed E-state index contributed by atoms with van der Waals surface area (Å²) in [6, 6.07) is 11.9. The molecule has 0 aliphatic carbocycles. The molecule has 6 heteroatoms. The minimum absolute atomic E-state index is 0.0690. The lowest BCUT2D eigenvalue weighted by molar-refractivity contribution is 0.0448. The molecule has 130 valence electrons. The average molecular weight is 342 g/mol. The Morgan fingerprint density at radius 3 is 2.56 bits per heavy atom. The molecule has 0 unspecified atom stereocenters. The van der Waals surface area contributed by atoms with Gasteiger partial charge in [-0.25, -0.2) is 4.79 Å². The molecule has 0 saturated carbocycles. The van der Waals surface area contributed by atoms with E-state index < -0.39 is 5.97 Å². The molecule has 0 fully saturated rings. The van der Waals surface area contributed by atoms with Gasteiger partial charge in [-0.1, -0.05) is 12.1 Å². The third-order valence-corrected chi connectivity index (χ3v) is 3.62. The van der Waals surface area contributed by atoms with Gasteiger partial charge in [0.15, 0.2) is 17.3 Å². The van der Waals surface area contributed by atoms with Crippen LogP contribution >= 0.6 is 0 Å². The van der Waals surface area contributed by atoms with Gasteiger partial charge >= 0.3 is 5.97 Å². The van der Waals surface area contributed by atoms with Gasteiger partial charge in [0, 0.05) is 0 Å². The van der Waals surface area contributed by atoms with Gasteiger partial charge in [0.05, 0.1) is 11.1 Å². The first kappa shape index (κ1) is 16.8. The molecule has 25 heavy (non-hydrogen) atoms. The molecule has 0 N–H and O–H groups in total. The van der Waals surface area contributed by atoms with Crippen LogP contribution in [0.25, 0.3) is 0 Å². The summed E-state index contributed by atoms with van der Waals surface area (Å²) in [7, 11) is 0. The summed E-state index contributed by atoms with van der Waals surface area (Å²) in [5.41, 5.74) is 0.883. The Hall–Kier alpha value is -3.02. The number of rotatable bonds is 6. The summed E-state index contributed by atoms with van der Waals surface area (Å²) in [4.78, 5) is 23.6. The predicted octanol–water partition coefficient (Wildman–Crippen LogP) is 2.90. The number of para-hydroxylation sites is 1. The maximum absolute atomic E-state index is 12.1. The molecule has 0 amide bonds. The number of ketones is 1. The molecule has 1 aliphatic rings. The quantitative estimate of drug-likeness (QED) is 0.457. The second-order valence-electron chi connectivity index (χ2n) is 5.40. The Balaban J connectivity index is 1.52. The largest absolute Gasteiger partial charge is 0.489 e. The first-order valence-corrected chi connectivity index (χ1v) is 7.94. The molecule has 0 atom stereocenters. The first-order valence-electron chi connectivity index (χ1n) is 7.94. The number of esters is 1. The third-order valence-electron chi connectivity index (χ3n) is 3.62. The van der Waals surface area contributed by atoms with Crippen molar-refractivity contribution < 1.29 is 28.5 Å². The van der Waals surface area contributed by atoms with Gasteiger partial charge in [0.2, 0.25) is 0 Å². The summed E-state index contributed by atoms with van der Waals surface area (Å²) < 4.78 is 21.6. The Bertz CT molecular complexity index is 783. The first-order chi connectivity index (χ1) is 12.1. The van der Waals surface area contributed by atoms with Crippen LogP contribution in [0, 0.1) is 0 Å². The Kier molecular flexibility index (Phi) is 5.18. The fourth-order valence-electron chi connectivity index (χ4n) is 2.42. The molecule has 2 aromatic carbocycles. The second kappa shape index (κ2) is 7.70. The van der Waals surface area contributed by atoms with Crippen molar-refractivity contribution in [2.24, 2.45) is 0 Å². The maximum Gasteiger partial charge on any atom is 0.338 e. The van der Waals surface area contributed by atoms with Crippen molar-refractivity contribution in [3.8, 4) is 17.2 Å². The lowest BCUT2D eigenvalue weighted by Crippen LogP contribution is -2.17. The number of carbonyl (C=O) groups excluding carboxylic acids is 2. The second-order valence-corrected chi connectivity index (χ2v) is 5.40. The van der Waals surface area contributed by atoms with Crippen molar-refractivity contribution in [2.45, 2.75) is 6.92 Å². The molecule has 0 bridgehead atoms. The molecule has 6 nitrogen and oxygen atoms in total. The third kappa shape index (κ3) is 4.09. The van der Waals surface area contributed by atoms with Gasteiger partial charge in [0.25, 0.3) is 0 Å². The summed E-state index contributed by atoms with van der Waals surface area (Å²) >= 11 is 0. The number of hydrogen-bond donors (Lipinski definition) is 0. The van der Waals surface area contributed by atoms with Crippen molar-refractivity contribution in [1.82, 2.24) is 0 Å². The highest BCUT2D eigenvalue weighted by molar-refractivity contribution is 5.96. The zero-order valence-corrected chi connectivity index (χ0v) is 13.8. The van der Waals surface area contributed by atoms with E-state index in [1.807, 2.05) is 0 Å². The van der Waals surface area contributed by atoms with E-state index in [0.717, 1.165) is 0 Å². The summed E-state index contributed by atoms with van der Waals surface area (Å²) in [5.74, 6) is 1.08. The topological polar surface area (TPSA) is 71.1 Å². The maximum atomic E-state index is 12.1. The van der Waals surface area contributed by atoms with Crippen molar-refractivity contribution in [3.05, 3.63) is 53.6 Å². The van der Waals surface area contributed by atoms with E-state index in [2.05, 4.69) is 0 Å². The Morgan fingerprint density at radius 1 is 1.00 bits per heavy atom. The fourth-order valence-corrected chi connectivity index (χ4v) is 2.42. The normalized spacial score (nSPS) is 12.4. The standard InChI is InChI=1S/C19H18O6/c1-13(20)15-4-2-3-5-16(15)22-10-11-25-19(21)14-6-7-17-18(12-14)24-9-8-23-17/h2-7,12H,8-11H2,1H3. The highest BCUT2D eigenvalue weighted by Gasteiger charge is 2.16. The van der Waals surface area contributed by atoms with Crippen LogP contribution in [0.4, 0.5) is 0 Å². The van der Waals surface area contributed by atoms with E-state index in [4.69, 9.17) is 18.9 Å². The molecular formula is C19H18O6. The van der Waals surface area contributed by atoms with E-state index in [1.165, 1.54) is 6.92 Å². The van der Waals surface area contributed by atoms with E-state index in [1.54, 1.807) is 42.5 Å². The lowest BCUT2D eigenvalue weighted by atomic mass is 10.1. The highest BCUT2D eigenvalue weighted by atomic mass is 16.6. The molecule has 1 aliphatic heterocycles. The van der Waals surface area contributed by atoms with Crippen LogP contribution in [-0.4, -0.2) is 38.2 Å². The van der Waals surface area contributed by atoms with Crippen LogP contribution in [0.5, 0.6) is 17.2 Å². The number of benzene rings is 2. The Labute approximate surface area is 145 Å². The monoisotopic (exact) mass is 342 g/mol. The lowest BCUT2D eigenvalue weighted by Gasteiger charge is -2.18. The fraction of sp³-hybridized carbons (Fsp3) is 0.263. The molecule has 3 rings (SSSR count). The molecular weight excluding hydrogens is 324 g/mol. The number of hydrogen-bond acceptors (Lipinski definition) is 6. The van der Waals surface area contributed by atoms with Gasteiger partial charge in [-0.3, -0.25) is 4.79 Å². The minimum atomic E-state index is -0.472. The van der Waals surface area contributed by atoms with Crippen molar-refractivity contribution in [1.29, 1.82) is 0 Å². The van der Waals surface area contributed by atoms with Crippen molar-refractivity contribution in [3.63, 3.8) is 0 Å². The van der Waals surface area contributed by atoms with Gasteiger partial charge in [-0.15, -0.1) is 0 Å². The minimum Gasteiger partial charge on any atom is -0.489 e. The van der Waals surface area contributed by atoms with Crippen LogP contribution in [0.2, 0.25) is 0 Å². The van der Waals surface area contributed by atoms with E-state index in [9.17, 15) is 9.59 Å². The number of ether oxygens (including phenoxy) is 4. The summed E-state index contributed by atoms with van der Waals surface area (Å²) in [6.45, 7) is 2.65. The van der Waals surface area contributed by atoms with E-state index in [-0.39, 0.29) is 19.0 Å². The van der Waals surface area contributed by atoms with Gasteiger partial charge < -0.3 is 18.9 Å². The molecule has 2 aromatic rings. The average Bonchev–Trinajstić information content (AvgIpc) is 2.64. The zero-order valence-electron chi connectivity index (χ0n) is 13.8. The van der Waals surface area contributed by atoms with Crippen molar-refractivity contribution in [2.75, 3.05) is 26.4 Å². The number of carbonyl (C=O) groups is 2. The zero-order chi connectivity index (χ0) is 17.6. The van der Waals surface area contributed by atoms with Crippen LogP contribution in [0.3, 0.4) is 0 Å². The van der Waals surface area contributed by atoms with Crippen LogP contribution < -0.4 is 14.2 Å². The van der Waals surface area contributed by atoms with Crippen LogP contribution in [0.15, 0.2) is 42.5 Å². The number of fused-ring (bicyclic) bond motifs is 1. The summed E-state index contributed by atoms with van der Waals surface area (Å²) in [6.07, 6.45) is 0. The smallest absolute Gasteiger partial charge is 0.338 e. The highest BCUT2D eigenvalue weighted by Crippen LogP contribution is 2.30. The molecule has 1 heterocycles. The van der Waals surface area contributed by atoms with Gasteiger partial charge in [0.1, 0.15) is 32.2 Å². The number of Topliss-reactive ketones (excluding diaryl/α,β-unsaturated/α-hetero) is 1. The van der Waals surface area contributed by atoms with Crippen LogP contribution in [-0.2, 0) is 4.74 Å². The van der Waals surface area contributed by atoms with E-state index in [0.29, 0.717) is 41.6 Å².